The molecule has 1 unspecified atom stereocenters. The summed E-state index contributed by atoms with van der Waals surface area (Å²) in [6.07, 6.45) is 2.45. The number of hydrogen-bond acceptors (Lipinski definition) is 3. The Balaban J connectivity index is 1.80. The van der Waals surface area contributed by atoms with Crippen LogP contribution >= 0.6 is 11.3 Å². The van der Waals surface area contributed by atoms with Crippen LogP contribution in [0.15, 0.2) is 17.5 Å². The number of amides is 1. The Morgan fingerprint density at radius 3 is 2.94 bits per heavy atom. The second-order valence-corrected chi connectivity index (χ2v) is 5.81. The van der Waals surface area contributed by atoms with Crippen LogP contribution in [0.5, 0.6) is 0 Å². The standard InChI is InChI=1S/C12H16N2OS/c1-8-5-9(6-8)14-11(15)7-13-12(14)10-3-2-4-16-10/h2-4,8-9,12-13H,5-7H2,1H3. The molecule has 0 radical (unpaired) electrons. The molecule has 2 heterocycles. The second kappa shape index (κ2) is 3.86. The molecule has 16 heavy (non-hydrogen) atoms. The highest BCUT2D eigenvalue weighted by molar-refractivity contribution is 7.10. The normalized spacial score (nSPS) is 34.2. The first-order valence-corrected chi connectivity index (χ1v) is 6.71. The van der Waals surface area contributed by atoms with E-state index in [1.807, 2.05) is 6.07 Å². The van der Waals surface area contributed by atoms with E-state index in [9.17, 15) is 4.79 Å². The van der Waals surface area contributed by atoms with E-state index in [1.165, 1.54) is 4.88 Å². The van der Waals surface area contributed by atoms with Crippen LogP contribution in [-0.4, -0.2) is 23.4 Å². The molecule has 1 aliphatic heterocycles. The summed E-state index contributed by atoms with van der Waals surface area (Å²) >= 11 is 1.72. The third-order valence-electron chi connectivity index (χ3n) is 3.57. The minimum Gasteiger partial charge on any atom is -0.318 e. The van der Waals surface area contributed by atoms with Crippen LogP contribution in [0.2, 0.25) is 0 Å². The SMILES string of the molecule is CC1CC(N2C(=O)CNC2c2cccs2)C1. The van der Waals surface area contributed by atoms with Gasteiger partial charge in [0.05, 0.1) is 6.54 Å². The van der Waals surface area contributed by atoms with Gasteiger partial charge in [-0.1, -0.05) is 13.0 Å². The maximum Gasteiger partial charge on any atom is 0.238 e. The Labute approximate surface area is 99.5 Å². The highest BCUT2D eigenvalue weighted by Crippen LogP contribution is 2.38. The third kappa shape index (κ3) is 1.57. The molecule has 1 atom stereocenters. The minimum absolute atomic E-state index is 0.130. The Hall–Kier alpha value is -0.870. The van der Waals surface area contributed by atoms with Crippen LogP contribution in [-0.2, 0) is 4.79 Å². The first kappa shape index (κ1) is 10.3. The van der Waals surface area contributed by atoms with E-state index >= 15 is 0 Å². The molecule has 86 valence electrons. The van der Waals surface area contributed by atoms with Crippen molar-refractivity contribution < 1.29 is 4.79 Å². The van der Waals surface area contributed by atoms with Gasteiger partial charge < -0.3 is 4.90 Å². The highest BCUT2D eigenvalue weighted by Gasteiger charge is 2.41. The Kier molecular flexibility index (Phi) is 2.48. The van der Waals surface area contributed by atoms with Gasteiger partial charge in [0.15, 0.2) is 0 Å². The number of thiophene rings is 1. The smallest absolute Gasteiger partial charge is 0.238 e. The Morgan fingerprint density at radius 2 is 2.31 bits per heavy atom. The van der Waals surface area contributed by atoms with Gasteiger partial charge in [-0.05, 0) is 30.2 Å². The second-order valence-electron chi connectivity index (χ2n) is 4.83. The molecule has 1 saturated carbocycles. The molecule has 3 nitrogen and oxygen atoms in total. The lowest BCUT2D eigenvalue weighted by Crippen LogP contribution is -2.46. The van der Waals surface area contributed by atoms with Crippen molar-refractivity contribution in [3.05, 3.63) is 22.4 Å². The Bertz CT molecular complexity index is 384. The molecule has 1 amide bonds. The summed E-state index contributed by atoms with van der Waals surface area (Å²) in [6.45, 7) is 2.75. The van der Waals surface area contributed by atoms with E-state index in [0.29, 0.717) is 12.6 Å². The van der Waals surface area contributed by atoms with Crippen LogP contribution in [0.1, 0.15) is 30.8 Å². The van der Waals surface area contributed by atoms with Gasteiger partial charge in [0.2, 0.25) is 5.91 Å². The number of nitrogens with one attached hydrogen (secondary N) is 1. The topological polar surface area (TPSA) is 32.3 Å². The average molecular weight is 236 g/mol. The van der Waals surface area contributed by atoms with Crippen LogP contribution < -0.4 is 5.32 Å². The van der Waals surface area contributed by atoms with Gasteiger partial charge >= 0.3 is 0 Å². The summed E-state index contributed by atoms with van der Waals surface area (Å²) < 4.78 is 0. The van der Waals surface area contributed by atoms with E-state index in [-0.39, 0.29) is 12.1 Å². The summed E-state index contributed by atoms with van der Waals surface area (Å²) in [4.78, 5) is 15.2. The predicted octanol–water partition coefficient (Wildman–Crippen LogP) is 1.98. The number of nitrogens with zero attached hydrogens (tertiary/aromatic N) is 1. The molecule has 1 aromatic rings. The van der Waals surface area contributed by atoms with E-state index in [0.717, 1.165) is 18.8 Å². The van der Waals surface area contributed by atoms with E-state index in [1.54, 1.807) is 11.3 Å². The van der Waals surface area contributed by atoms with Crippen molar-refractivity contribution in [2.24, 2.45) is 5.92 Å². The monoisotopic (exact) mass is 236 g/mol. The highest BCUT2D eigenvalue weighted by atomic mass is 32.1. The van der Waals surface area contributed by atoms with Crippen molar-refractivity contribution in [2.45, 2.75) is 32.0 Å². The maximum absolute atomic E-state index is 11.9. The zero-order valence-electron chi connectivity index (χ0n) is 9.35. The molecule has 0 spiro atoms. The molecular weight excluding hydrogens is 220 g/mol. The largest absolute Gasteiger partial charge is 0.318 e. The number of rotatable bonds is 2. The molecule has 1 aromatic heterocycles. The van der Waals surface area contributed by atoms with Crippen molar-refractivity contribution in [1.82, 2.24) is 10.2 Å². The van der Waals surface area contributed by atoms with Crippen molar-refractivity contribution in [3.8, 4) is 0 Å². The summed E-state index contributed by atoms with van der Waals surface area (Å²) in [5, 5.41) is 5.38. The molecule has 0 aromatic carbocycles. The molecule has 1 N–H and O–H groups in total. The van der Waals surface area contributed by atoms with Crippen LogP contribution in [0.25, 0.3) is 0 Å². The summed E-state index contributed by atoms with van der Waals surface area (Å²) in [6, 6.07) is 4.62. The number of carbonyl (C=O) groups is 1. The van der Waals surface area contributed by atoms with Gasteiger partial charge in [0, 0.05) is 10.9 Å². The van der Waals surface area contributed by atoms with Crippen molar-refractivity contribution in [3.63, 3.8) is 0 Å². The van der Waals surface area contributed by atoms with Gasteiger partial charge in [0.25, 0.3) is 0 Å². The van der Waals surface area contributed by atoms with Crippen molar-refractivity contribution >= 4 is 17.2 Å². The molecule has 0 bridgehead atoms. The van der Waals surface area contributed by atoms with E-state index in [4.69, 9.17) is 0 Å². The first-order chi connectivity index (χ1) is 7.75. The fraction of sp³-hybridized carbons (Fsp3) is 0.583. The van der Waals surface area contributed by atoms with Crippen LogP contribution in [0.4, 0.5) is 0 Å². The summed E-state index contributed by atoms with van der Waals surface area (Å²) in [5.41, 5.74) is 0. The van der Waals surface area contributed by atoms with E-state index in [2.05, 4.69) is 28.6 Å². The lowest BCUT2D eigenvalue weighted by molar-refractivity contribution is -0.133. The zero-order chi connectivity index (χ0) is 11.1. The average Bonchev–Trinajstić information content (AvgIpc) is 2.82. The lowest BCUT2D eigenvalue weighted by atomic mass is 9.80. The molecule has 4 heteroatoms. The Morgan fingerprint density at radius 1 is 1.50 bits per heavy atom. The van der Waals surface area contributed by atoms with Gasteiger partial charge in [-0.25, -0.2) is 0 Å². The molecule has 2 fully saturated rings. The minimum atomic E-state index is 0.130. The zero-order valence-corrected chi connectivity index (χ0v) is 10.2. The summed E-state index contributed by atoms with van der Waals surface area (Å²) in [7, 11) is 0. The fourth-order valence-electron chi connectivity index (χ4n) is 2.70. The molecule has 3 rings (SSSR count). The lowest BCUT2D eigenvalue weighted by Gasteiger charge is -2.41. The van der Waals surface area contributed by atoms with Gasteiger partial charge in [-0.2, -0.15) is 0 Å². The first-order valence-electron chi connectivity index (χ1n) is 5.83. The maximum atomic E-state index is 11.9. The van der Waals surface area contributed by atoms with Gasteiger partial charge in [0.1, 0.15) is 6.17 Å². The van der Waals surface area contributed by atoms with Crippen molar-refractivity contribution in [2.75, 3.05) is 6.54 Å². The van der Waals surface area contributed by atoms with E-state index < -0.39 is 0 Å². The van der Waals surface area contributed by atoms with Gasteiger partial charge in [-0.15, -0.1) is 11.3 Å². The number of hydrogen-bond donors (Lipinski definition) is 1. The van der Waals surface area contributed by atoms with Gasteiger partial charge in [-0.3, -0.25) is 10.1 Å². The molecule has 1 saturated heterocycles. The predicted molar refractivity (Wildman–Crippen MR) is 64.1 cm³/mol. The van der Waals surface area contributed by atoms with Crippen molar-refractivity contribution in [1.29, 1.82) is 0 Å². The van der Waals surface area contributed by atoms with Crippen LogP contribution in [0.3, 0.4) is 0 Å². The summed E-state index contributed by atoms with van der Waals surface area (Å²) in [5.74, 6) is 1.04. The third-order valence-corrected chi connectivity index (χ3v) is 4.49. The fourth-order valence-corrected chi connectivity index (χ4v) is 3.50. The number of carbonyl (C=O) groups excluding carboxylic acids is 1. The van der Waals surface area contributed by atoms with Crippen LogP contribution in [0, 0.1) is 5.92 Å². The molecule has 2 aliphatic rings. The molecule has 1 aliphatic carbocycles. The molecular formula is C12H16N2OS. The quantitative estimate of drug-likeness (QED) is 0.851.